The lowest BCUT2D eigenvalue weighted by atomic mass is 10.1. The van der Waals surface area contributed by atoms with E-state index in [9.17, 15) is 5.11 Å². The predicted molar refractivity (Wildman–Crippen MR) is 53.3 cm³/mol. The monoisotopic (exact) mass is 200 g/mol. The second kappa shape index (κ2) is 4.49. The van der Waals surface area contributed by atoms with Crippen LogP contribution in [0.15, 0.2) is 18.2 Å². The fourth-order valence-electron chi connectivity index (χ4n) is 1.10. The Hall–Kier alpha value is -0.730. The SMILES string of the molecule is CCOc1ccc(Cl)c(C(C)O)c1. The summed E-state index contributed by atoms with van der Waals surface area (Å²) in [7, 11) is 0. The molecule has 0 spiro atoms. The average Bonchev–Trinajstić information content (AvgIpc) is 2.08. The lowest BCUT2D eigenvalue weighted by molar-refractivity contribution is 0.198. The van der Waals surface area contributed by atoms with Crippen LogP contribution in [0.3, 0.4) is 0 Å². The summed E-state index contributed by atoms with van der Waals surface area (Å²) in [5.74, 6) is 0.739. The van der Waals surface area contributed by atoms with Gasteiger partial charge in [0.25, 0.3) is 0 Å². The fourth-order valence-corrected chi connectivity index (χ4v) is 1.37. The smallest absolute Gasteiger partial charge is 0.119 e. The molecule has 0 fully saturated rings. The van der Waals surface area contributed by atoms with E-state index < -0.39 is 6.10 Å². The minimum Gasteiger partial charge on any atom is -0.494 e. The molecule has 0 bridgehead atoms. The van der Waals surface area contributed by atoms with Gasteiger partial charge in [-0.3, -0.25) is 0 Å². The van der Waals surface area contributed by atoms with Crippen LogP contribution in [0.5, 0.6) is 5.75 Å². The van der Waals surface area contributed by atoms with Crippen molar-refractivity contribution in [1.82, 2.24) is 0 Å². The Morgan fingerprint density at radius 3 is 2.77 bits per heavy atom. The molecule has 3 heteroatoms. The van der Waals surface area contributed by atoms with E-state index in [0.29, 0.717) is 17.2 Å². The van der Waals surface area contributed by atoms with Gasteiger partial charge < -0.3 is 9.84 Å². The Labute approximate surface area is 83.1 Å². The first-order valence-corrected chi connectivity index (χ1v) is 4.63. The van der Waals surface area contributed by atoms with E-state index in [2.05, 4.69) is 0 Å². The van der Waals surface area contributed by atoms with Gasteiger partial charge in [-0.2, -0.15) is 0 Å². The van der Waals surface area contributed by atoms with Crippen molar-refractivity contribution in [2.45, 2.75) is 20.0 Å². The number of ether oxygens (including phenoxy) is 1. The Morgan fingerprint density at radius 1 is 1.54 bits per heavy atom. The minimum absolute atomic E-state index is 0.562. The first-order chi connectivity index (χ1) is 6.15. The number of benzene rings is 1. The van der Waals surface area contributed by atoms with Crippen LogP contribution < -0.4 is 4.74 Å². The molecule has 1 aromatic carbocycles. The van der Waals surface area contributed by atoms with Crippen molar-refractivity contribution in [2.24, 2.45) is 0 Å². The Bertz CT molecular complexity index is 284. The van der Waals surface area contributed by atoms with Crippen LogP contribution in [0.2, 0.25) is 5.02 Å². The van der Waals surface area contributed by atoms with Crippen LogP contribution in [0.1, 0.15) is 25.5 Å². The average molecular weight is 201 g/mol. The van der Waals surface area contributed by atoms with Gasteiger partial charge >= 0.3 is 0 Å². The number of halogens is 1. The molecule has 1 rings (SSSR count). The van der Waals surface area contributed by atoms with E-state index in [-0.39, 0.29) is 0 Å². The first kappa shape index (κ1) is 10.4. The summed E-state index contributed by atoms with van der Waals surface area (Å²) in [6, 6.07) is 5.28. The largest absolute Gasteiger partial charge is 0.494 e. The van der Waals surface area contributed by atoms with Gasteiger partial charge in [-0.05, 0) is 32.0 Å². The summed E-state index contributed by atoms with van der Waals surface area (Å²) in [6.07, 6.45) is -0.562. The van der Waals surface area contributed by atoms with Crippen LogP contribution in [0.25, 0.3) is 0 Å². The van der Waals surface area contributed by atoms with Gasteiger partial charge in [0.05, 0.1) is 12.7 Å². The predicted octanol–water partition coefficient (Wildman–Crippen LogP) is 2.79. The molecular formula is C10H13ClO2. The normalized spacial score (nSPS) is 12.6. The van der Waals surface area contributed by atoms with Gasteiger partial charge in [0.2, 0.25) is 0 Å². The molecule has 0 radical (unpaired) electrons. The number of aliphatic hydroxyl groups is 1. The maximum absolute atomic E-state index is 9.36. The van der Waals surface area contributed by atoms with Crippen LogP contribution in [-0.4, -0.2) is 11.7 Å². The molecule has 13 heavy (non-hydrogen) atoms. The maximum atomic E-state index is 9.36. The Morgan fingerprint density at radius 2 is 2.23 bits per heavy atom. The van der Waals surface area contributed by atoms with Crippen molar-refractivity contribution < 1.29 is 9.84 Å². The molecule has 72 valence electrons. The van der Waals surface area contributed by atoms with E-state index >= 15 is 0 Å². The number of hydrogen-bond donors (Lipinski definition) is 1. The molecule has 0 aliphatic carbocycles. The van der Waals surface area contributed by atoms with Crippen molar-refractivity contribution in [3.05, 3.63) is 28.8 Å². The molecule has 0 aromatic heterocycles. The molecule has 1 atom stereocenters. The fraction of sp³-hybridized carbons (Fsp3) is 0.400. The van der Waals surface area contributed by atoms with E-state index in [1.54, 1.807) is 25.1 Å². The number of rotatable bonds is 3. The highest BCUT2D eigenvalue weighted by atomic mass is 35.5. The molecular weight excluding hydrogens is 188 g/mol. The van der Waals surface area contributed by atoms with Gasteiger partial charge in [0.1, 0.15) is 5.75 Å². The van der Waals surface area contributed by atoms with Crippen LogP contribution in [0.4, 0.5) is 0 Å². The van der Waals surface area contributed by atoms with E-state index in [1.807, 2.05) is 6.92 Å². The molecule has 0 saturated carbocycles. The molecule has 1 aromatic rings. The highest BCUT2D eigenvalue weighted by Gasteiger charge is 2.07. The summed E-state index contributed by atoms with van der Waals surface area (Å²) >= 11 is 5.88. The highest BCUT2D eigenvalue weighted by Crippen LogP contribution is 2.26. The van der Waals surface area contributed by atoms with Crippen LogP contribution in [-0.2, 0) is 0 Å². The third kappa shape index (κ3) is 2.61. The number of aliphatic hydroxyl groups excluding tert-OH is 1. The van der Waals surface area contributed by atoms with Gasteiger partial charge in [-0.1, -0.05) is 11.6 Å². The zero-order chi connectivity index (χ0) is 9.84. The van der Waals surface area contributed by atoms with Gasteiger partial charge in [-0.25, -0.2) is 0 Å². The van der Waals surface area contributed by atoms with Gasteiger partial charge in [-0.15, -0.1) is 0 Å². The maximum Gasteiger partial charge on any atom is 0.119 e. The standard InChI is InChI=1S/C10H13ClO2/c1-3-13-8-4-5-10(11)9(6-8)7(2)12/h4-7,12H,3H2,1-2H3. The second-order valence-electron chi connectivity index (χ2n) is 2.79. The molecule has 1 unspecified atom stereocenters. The van der Waals surface area contributed by atoms with Crippen molar-refractivity contribution in [1.29, 1.82) is 0 Å². The molecule has 2 nitrogen and oxygen atoms in total. The summed E-state index contributed by atoms with van der Waals surface area (Å²) in [6.45, 7) is 4.20. The van der Waals surface area contributed by atoms with Crippen molar-refractivity contribution >= 4 is 11.6 Å². The lowest BCUT2D eigenvalue weighted by Gasteiger charge is -2.09. The molecule has 0 heterocycles. The Kier molecular flexibility index (Phi) is 3.58. The summed E-state index contributed by atoms with van der Waals surface area (Å²) in [5, 5.41) is 9.93. The van der Waals surface area contributed by atoms with E-state index in [4.69, 9.17) is 16.3 Å². The molecule has 0 aliphatic rings. The zero-order valence-electron chi connectivity index (χ0n) is 7.75. The summed E-state index contributed by atoms with van der Waals surface area (Å²) < 4.78 is 5.28. The molecule has 0 amide bonds. The molecule has 0 saturated heterocycles. The van der Waals surface area contributed by atoms with Crippen molar-refractivity contribution in [2.75, 3.05) is 6.61 Å². The van der Waals surface area contributed by atoms with Crippen molar-refractivity contribution in [3.8, 4) is 5.75 Å². The third-order valence-electron chi connectivity index (χ3n) is 1.73. The zero-order valence-corrected chi connectivity index (χ0v) is 8.51. The van der Waals surface area contributed by atoms with E-state index in [1.165, 1.54) is 0 Å². The highest BCUT2D eigenvalue weighted by molar-refractivity contribution is 6.31. The third-order valence-corrected chi connectivity index (χ3v) is 2.07. The summed E-state index contributed by atoms with van der Waals surface area (Å²) in [4.78, 5) is 0. The number of hydrogen-bond acceptors (Lipinski definition) is 2. The van der Waals surface area contributed by atoms with Crippen LogP contribution >= 0.6 is 11.6 Å². The minimum atomic E-state index is -0.562. The van der Waals surface area contributed by atoms with Gasteiger partial charge in [0, 0.05) is 10.6 Å². The van der Waals surface area contributed by atoms with E-state index in [0.717, 1.165) is 5.75 Å². The molecule has 0 aliphatic heterocycles. The quantitative estimate of drug-likeness (QED) is 0.813. The van der Waals surface area contributed by atoms with Crippen LogP contribution in [0, 0.1) is 0 Å². The topological polar surface area (TPSA) is 29.5 Å². The van der Waals surface area contributed by atoms with Crippen molar-refractivity contribution in [3.63, 3.8) is 0 Å². The molecule has 1 N–H and O–H groups in total. The Balaban J connectivity index is 2.97. The second-order valence-corrected chi connectivity index (χ2v) is 3.20. The van der Waals surface area contributed by atoms with Gasteiger partial charge in [0.15, 0.2) is 0 Å². The summed E-state index contributed by atoms with van der Waals surface area (Å²) in [5.41, 5.74) is 0.701. The lowest BCUT2D eigenvalue weighted by Crippen LogP contribution is -1.96. The first-order valence-electron chi connectivity index (χ1n) is 4.25.